The average molecular weight is 186 g/mol. The number of likely N-dealkylation sites (N-methyl/N-ethyl adjacent to an activating group) is 1. The molecule has 3 N–H and O–H groups in total. The summed E-state index contributed by atoms with van der Waals surface area (Å²) < 4.78 is 0. The van der Waals surface area contributed by atoms with Crippen LogP contribution in [-0.2, 0) is 0 Å². The van der Waals surface area contributed by atoms with Gasteiger partial charge in [0.25, 0.3) is 0 Å². The second-order valence-electron chi connectivity index (χ2n) is 5.47. The zero-order valence-corrected chi connectivity index (χ0v) is 9.69. The molecule has 1 atom stereocenters. The Bertz CT molecular complexity index is 143. The van der Waals surface area contributed by atoms with Crippen molar-refractivity contribution in [2.45, 2.75) is 39.7 Å². The molecule has 0 radical (unpaired) electrons. The summed E-state index contributed by atoms with van der Waals surface area (Å²) in [4.78, 5) is 1.82. The van der Waals surface area contributed by atoms with Crippen LogP contribution in [0.3, 0.4) is 0 Å². The summed E-state index contributed by atoms with van der Waals surface area (Å²) in [6.45, 7) is 11.2. The summed E-state index contributed by atoms with van der Waals surface area (Å²) in [5, 5.41) is 2.39. The zero-order chi connectivity index (χ0) is 9.90. The molecule has 78 valence electrons. The number of likely N-dealkylation sites (tertiary alicyclic amines) is 1. The van der Waals surface area contributed by atoms with Gasteiger partial charge in [-0.25, -0.2) is 0 Å². The van der Waals surface area contributed by atoms with Gasteiger partial charge in [0.15, 0.2) is 0 Å². The van der Waals surface area contributed by atoms with E-state index in [9.17, 15) is 0 Å². The van der Waals surface area contributed by atoms with E-state index in [1.165, 1.54) is 32.5 Å². The number of nitrogens with one attached hydrogen (secondary N) is 1. The molecule has 0 aromatic heterocycles. The van der Waals surface area contributed by atoms with Crippen molar-refractivity contribution in [2.24, 2.45) is 5.41 Å². The lowest BCUT2D eigenvalue weighted by molar-refractivity contribution is -0.908. The Hall–Kier alpha value is -0.0800. The number of quaternary nitrogens is 2. The first-order chi connectivity index (χ1) is 6.04. The minimum absolute atomic E-state index is 0.449. The fourth-order valence-electron chi connectivity index (χ4n) is 2.31. The topological polar surface area (TPSA) is 21.1 Å². The van der Waals surface area contributed by atoms with Crippen LogP contribution < -0.4 is 10.2 Å². The van der Waals surface area contributed by atoms with Crippen LogP contribution in [0.2, 0.25) is 0 Å². The molecule has 0 aliphatic carbocycles. The molecule has 13 heavy (non-hydrogen) atoms. The normalized spacial score (nSPS) is 22.2. The Kier molecular flexibility index (Phi) is 3.74. The number of nitrogens with two attached hydrogens (primary N) is 1. The van der Waals surface area contributed by atoms with Crippen LogP contribution in [0.25, 0.3) is 0 Å². The van der Waals surface area contributed by atoms with E-state index < -0.39 is 0 Å². The van der Waals surface area contributed by atoms with Crippen molar-refractivity contribution in [3.05, 3.63) is 0 Å². The predicted octanol–water partition coefficient (Wildman–Crippen LogP) is -0.727. The van der Waals surface area contributed by atoms with Gasteiger partial charge in [0.2, 0.25) is 0 Å². The van der Waals surface area contributed by atoms with E-state index in [2.05, 4.69) is 33.1 Å². The van der Waals surface area contributed by atoms with Gasteiger partial charge in [-0.2, -0.15) is 0 Å². The van der Waals surface area contributed by atoms with Gasteiger partial charge < -0.3 is 10.2 Å². The first kappa shape index (κ1) is 11.0. The average Bonchev–Trinajstić information content (AvgIpc) is 2.49. The zero-order valence-electron chi connectivity index (χ0n) is 9.69. The van der Waals surface area contributed by atoms with Crippen molar-refractivity contribution in [3.63, 3.8) is 0 Å². The first-order valence-electron chi connectivity index (χ1n) is 5.67. The highest BCUT2D eigenvalue weighted by Crippen LogP contribution is 2.15. The molecule has 1 saturated heterocycles. The molecule has 1 fully saturated rings. The molecular weight excluding hydrogens is 160 g/mol. The number of rotatable bonds is 3. The summed E-state index contributed by atoms with van der Waals surface area (Å²) in [6, 6.07) is 0.778. The molecule has 1 aliphatic rings. The van der Waals surface area contributed by atoms with Gasteiger partial charge in [-0.3, -0.25) is 0 Å². The molecule has 0 aromatic rings. The van der Waals surface area contributed by atoms with Crippen LogP contribution in [0, 0.1) is 5.41 Å². The standard InChI is InChI=1S/C11H24N2/c1-11(2,3)10(12-4)9-13-7-5-6-8-13/h10,12H,5-9H2,1-4H3/p+2/t10-/m0/s1. The van der Waals surface area contributed by atoms with Crippen molar-refractivity contribution in [2.75, 3.05) is 26.7 Å². The van der Waals surface area contributed by atoms with Crippen LogP contribution >= 0.6 is 0 Å². The van der Waals surface area contributed by atoms with Crippen molar-refractivity contribution in [3.8, 4) is 0 Å². The monoisotopic (exact) mass is 186 g/mol. The maximum absolute atomic E-state index is 2.39. The summed E-state index contributed by atoms with van der Waals surface area (Å²) in [6.07, 6.45) is 2.88. The largest absolute Gasteiger partial charge is 0.341 e. The second-order valence-corrected chi connectivity index (χ2v) is 5.47. The van der Waals surface area contributed by atoms with Gasteiger partial charge in [-0.1, -0.05) is 20.8 Å². The van der Waals surface area contributed by atoms with E-state index in [1.807, 2.05) is 4.90 Å². The molecule has 2 heteroatoms. The Balaban J connectivity index is 2.39. The van der Waals surface area contributed by atoms with Gasteiger partial charge in [-0.05, 0) is 0 Å². The number of hydrogen-bond acceptors (Lipinski definition) is 0. The van der Waals surface area contributed by atoms with E-state index in [-0.39, 0.29) is 0 Å². The van der Waals surface area contributed by atoms with Crippen molar-refractivity contribution in [1.82, 2.24) is 0 Å². The lowest BCUT2D eigenvalue weighted by Gasteiger charge is -2.28. The fraction of sp³-hybridized carbons (Fsp3) is 1.00. The predicted molar refractivity (Wildman–Crippen MR) is 55.9 cm³/mol. The third-order valence-electron chi connectivity index (χ3n) is 3.33. The molecule has 2 nitrogen and oxygen atoms in total. The molecule has 1 aliphatic heterocycles. The molecular formula is C11H26N2+2. The SMILES string of the molecule is C[NH2+][C@@H](C[NH+]1CCCC1)C(C)(C)C. The van der Waals surface area contributed by atoms with Crippen LogP contribution in [-0.4, -0.2) is 32.7 Å². The smallest absolute Gasteiger partial charge is 0.140 e. The maximum atomic E-state index is 2.39. The molecule has 0 aromatic carbocycles. The van der Waals surface area contributed by atoms with E-state index in [1.54, 1.807) is 0 Å². The van der Waals surface area contributed by atoms with Crippen LogP contribution in [0.15, 0.2) is 0 Å². The molecule has 0 spiro atoms. The van der Waals surface area contributed by atoms with E-state index in [0.29, 0.717) is 5.41 Å². The fourth-order valence-corrected chi connectivity index (χ4v) is 2.31. The van der Waals surface area contributed by atoms with Crippen molar-refractivity contribution >= 4 is 0 Å². The summed E-state index contributed by atoms with van der Waals surface area (Å²) in [7, 11) is 2.21. The van der Waals surface area contributed by atoms with Crippen LogP contribution in [0.4, 0.5) is 0 Å². The lowest BCUT2D eigenvalue weighted by atomic mass is 9.86. The second kappa shape index (κ2) is 4.43. The number of hydrogen-bond donors (Lipinski definition) is 2. The molecule has 0 saturated carbocycles. The van der Waals surface area contributed by atoms with Gasteiger partial charge in [0.05, 0.1) is 20.1 Å². The molecule has 1 heterocycles. The van der Waals surface area contributed by atoms with Crippen LogP contribution in [0.1, 0.15) is 33.6 Å². The van der Waals surface area contributed by atoms with Gasteiger partial charge >= 0.3 is 0 Å². The minimum atomic E-state index is 0.449. The lowest BCUT2D eigenvalue weighted by Crippen LogP contribution is -3.14. The highest BCUT2D eigenvalue weighted by atomic mass is 15.2. The Morgan fingerprint density at radius 2 is 1.77 bits per heavy atom. The molecule has 0 unspecified atom stereocenters. The van der Waals surface area contributed by atoms with E-state index in [0.717, 1.165) is 6.04 Å². The quantitative estimate of drug-likeness (QED) is 0.580. The van der Waals surface area contributed by atoms with Crippen molar-refractivity contribution < 1.29 is 10.2 Å². The van der Waals surface area contributed by atoms with Crippen LogP contribution in [0.5, 0.6) is 0 Å². The maximum Gasteiger partial charge on any atom is 0.140 e. The first-order valence-corrected chi connectivity index (χ1v) is 5.67. The van der Waals surface area contributed by atoms with Gasteiger partial charge in [-0.15, -0.1) is 0 Å². The highest BCUT2D eigenvalue weighted by Gasteiger charge is 2.31. The van der Waals surface area contributed by atoms with Gasteiger partial charge in [0.1, 0.15) is 12.6 Å². The van der Waals surface area contributed by atoms with Crippen molar-refractivity contribution in [1.29, 1.82) is 0 Å². The Labute approximate surface area is 82.7 Å². The highest BCUT2D eigenvalue weighted by molar-refractivity contribution is 4.71. The third kappa shape index (κ3) is 3.28. The summed E-state index contributed by atoms with van der Waals surface area (Å²) >= 11 is 0. The molecule has 0 bridgehead atoms. The Morgan fingerprint density at radius 3 is 2.15 bits per heavy atom. The molecule has 0 amide bonds. The molecule has 1 rings (SSSR count). The summed E-state index contributed by atoms with van der Waals surface area (Å²) in [5.41, 5.74) is 0.449. The minimum Gasteiger partial charge on any atom is -0.341 e. The van der Waals surface area contributed by atoms with E-state index in [4.69, 9.17) is 0 Å². The summed E-state index contributed by atoms with van der Waals surface area (Å²) in [5.74, 6) is 0. The Morgan fingerprint density at radius 1 is 1.23 bits per heavy atom. The third-order valence-corrected chi connectivity index (χ3v) is 3.33. The van der Waals surface area contributed by atoms with E-state index >= 15 is 0 Å². The van der Waals surface area contributed by atoms with Gasteiger partial charge in [0, 0.05) is 18.3 Å².